The van der Waals surface area contributed by atoms with Gasteiger partial charge in [-0.3, -0.25) is 4.79 Å². The van der Waals surface area contributed by atoms with Crippen LogP contribution in [0.4, 0.5) is 0 Å². The van der Waals surface area contributed by atoms with Crippen LogP contribution in [0.5, 0.6) is 0 Å². The van der Waals surface area contributed by atoms with Crippen molar-refractivity contribution in [3.05, 3.63) is 42.4 Å². The van der Waals surface area contributed by atoms with Gasteiger partial charge in [-0.1, -0.05) is 26.0 Å². The van der Waals surface area contributed by atoms with Crippen LogP contribution < -0.4 is 5.32 Å². The van der Waals surface area contributed by atoms with Crippen LogP contribution in [0, 0.1) is 5.92 Å². The minimum absolute atomic E-state index is 0.0973. The van der Waals surface area contributed by atoms with E-state index in [4.69, 9.17) is 0 Å². The van der Waals surface area contributed by atoms with E-state index in [-0.39, 0.29) is 11.9 Å². The second-order valence-corrected chi connectivity index (χ2v) is 7.62. The van der Waals surface area contributed by atoms with Gasteiger partial charge in [-0.25, -0.2) is 15.0 Å². The summed E-state index contributed by atoms with van der Waals surface area (Å²) >= 11 is 1.52. The lowest BCUT2D eigenvalue weighted by Gasteiger charge is -2.15. The van der Waals surface area contributed by atoms with Crippen LogP contribution >= 0.6 is 11.3 Å². The summed E-state index contributed by atoms with van der Waals surface area (Å²) in [6.07, 6.45) is 5.16. The van der Waals surface area contributed by atoms with Gasteiger partial charge in [0.2, 0.25) is 0 Å². The third-order valence-electron chi connectivity index (χ3n) is 3.96. The maximum Gasteiger partial charge on any atom is 0.272 e. The number of amides is 1. The molecule has 2 heterocycles. The number of hydrogen-bond donors (Lipinski definition) is 1. The normalized spacial score (nSPS) is 12.5. The van der Waals surface area contributed by atoms with Gasteiger partial charge in [0.15, 0.2) is 5.69 Å². The van der Waals surface area contributed by atoms with Crippen LogP contribution in [0.2, 0.25) is 0 Å². The van der Waals surface area contributed by atoms with E-state index in [9.17, 15) is 4.79 Å². The second kappa shape index (κ2) is 7.70. The first-order valence-corrected chi connectivity index (χ1v) is 9.34. The molecule has 130 valence electrons. The Morgan fingerprint density at radius 3 is 2.64 bits per heavy atom. The highest BCUT2D eigenvalue weighted by atomic mass is 32.1. The molecule has 0 bridgehead atoms. The number of rotatable bonds is 6. The zero-order valence-electron chi connectivity index (χ0n) is 14.7. The Kier molecular flexibility index (Phi) is 5.38. The van der Waals surface area contributed by atoms with Gasteiger partial charge in [0.1, 0.15) is 10.7 Å². The molecule has 0 aliphatic carbocycles. The first-order valence-electron chi connectivity index (χ1n) is 8.52. The van der Waals surface area contributed by atoms with E-state index in [1.165, 1.54) is 11.3 Å². The number of nitrogens with zero attached hydrogens (tertiary/aromatic N) is 3. The predicted octanol–water partition coefficient (Wildman–Crippen LogP) is 4.31. The van der Waals surface area contributed by atoms with E-state index >= 15 is 0 Å². The van der Waals surface area contributed by atoms with Crippen molar-refractivity contribution >= 4 is 27.5 Å². The van der Waals surface area contributed by atoms with E-state index in [2.05, 4.69) is 34.1 Å². The molecule has 1 atom stereocenters. The molecule has 0 radical (unpaired) electrons. The van der Waals surface area contributed by atoms with Gasteiger partial charge in [-0.2, -0.15) is 0 Å². The lowest BCUT2D eigenvalue weighted by atomic mass is 10.0. The number of hydrogen-bond acceptors (Lipinski definition) is 5. The van der Waals surface area contributed by atoms with Gasteiger partial charge in [0.05, 0.1) is 10.2 Å². The number of fused-ring (bicyclic) bond motifs is 1. The third-order valence-corrected chi connectivity index (χ3v) is 5.01. The number of nitrogens with one attached hydrogen (secondary N) is 1. The molecule has 3 aromatic rings. The van der Waals surface area contributed by atoms with Crippen molar-refractivity contribution < 1.29 is 4.79 Å². The molecule has 1 amide bonds. The van der Waals surface area contributed by atoms with Gasteiger partial charge in [-0.05, 0) is 37.8 Å². The molecule has 0 aliphatic heterocycles. The standard InChI is InChI=1S/C19H22N4OS/c1-12(2)8-9-13(3)22-18(24)16-17(21-11-10-20-16)19-23-14-6-4-5-7-15(14)25-19/h4-7,10-13H,8-9H2,1-3H3,(H,22,24). The molecule has 0 saturated heterocycles. The molecule has 1 aromatic carbocycles. The highest BCUT2D eigenvalue weighted by Gasteiger charge is 2.20. The minimum Gasteiger partial charge on any atom is -0.348 e. The van der Waals surface area contributed by atoms with E-state index in [1.54, 1.807) is 12.4 Å². The summed E-state index contributed by atoms with van der Waals surface area (Å²) in [5.41, 5.74) is 1.78. The molecule has 3 rings (SSSR count). The lowest BCUT2D eigenvalue weighted by Crippen LogP contribution is -2.33. The smallest absolute Gasteiger partial charge is 0.272 e. The highest BCUT2D eigenvalue weighted by Crippen LogP contribution is 2.30. The quantitative estimate of drug-likeness (QED) is 0.716. The molecule has 5 nitrogen and oxygen atoms in total. The lowest BCUT2D eigenvalue weighted by molar-refractivity contribution is 0.0932. The van der Waals surface area contributed by atoms with Crippen molar-refractivity contribution in [2.45, 2.75) is 39.7 Å². The molecule has 25 heavy (non-hydrogen) atoms. The Morgan fingerprint density at radius 2 is 1.88 bits per heavy atom. The summed E-state index contributed by atoms with van der Waals surface area (Å²) in [7, 11) is 0. The van der Waals surface area contributed by atoms with Crippen LogP contribution in [0.3, 0.4) is 0 Å². The minimum atomic E-state index is -0.196. The average molecular weight is 354 g/mol. The molecule has 6 heteroatoms. The van der Waals surface area contributed by atoms with Gasteiger partial charge < -0.3 is 5.32 Å². The maximum atomic E-state index is 12.7. The van der Waals surface area contributed by atoms with Gasteiger partial charge >= 0.3 is 0 Å². The summed E-state index contributed by atoms with van der Waals surface area (Å²) in [4.78, 5) is 25.9. The van der Waals surface area contributed by atoms with Crippen LogP contribution in [0.15, 0.2) is 36.7 Å². The summed E-state index contributed by atoms with van der Waals surface area (Å²) < 4.78 is 1.07. The molecular formula is C19H22N4OS. The average Bonchev–Trinajstić information content (AvgIpc) is 3.04. The molecule has 2 aromatic heterocycles. The third kappa shape index (κ3) is 4.20. The fourth-order valence-electron chi connectivity index (χ4n) is 2.58. The highest BCUT2D eigenvalue weighted by molar-refractivity contribution is 7.21. The van der Waals surface area contributed by atoms with Gasteiger partial charge in [0.25, 0.3) is 5.91 Å². The fraction of sp³-hybridized carbons (Fsp3) is 0.368. The number of carbonyl (C=O) groups is 1. The summed E-state index contributed by atoms with van der Waals surface area (Å²) in [6, 6.07) is 8.00. The molecule has 0 spiro atoms. The monoisotopic (exact) mass is 354 g/mol. The van der Waals surface area contributed by atoms with Crippen LogP contribution in [-0.4, -0.2) is 26.9 Å². The summed E-state index contributed by atoms with van der Waals surface area (Å²) in [6.45, 7) is 6.39. The van der Waals surface area contributed by atoms with Crippen LogP contribution in [-0.2, 0) is 0 Å². The topological polar surface area (TPSA) is 67.8 Å². The Morgan fingerprint density at radius 1 is 1.12 bits per heavy atom. The largest absolute Gasteiger partial charge is 0.348 e. The Labute approximate surface area is 151 Å². The Hall–Kier alpha value is -2.34. The van der Waals surface area contributed by atoms with E-state index < -0.39 is 0 Å². The van der Waals surface area contributed by atoms with E-state index in [0.717, 1.165) is 23.1 Å². The van der Waals surface area contributed by atoms with Crippen molar-refractivity contribution in [2.24, 2.45) is 5.92 Å². The number of thiazole rings is 1. The second-order valence-electron chi connectivity index (χ2n) is 6.59. The van der Waals surface area contributed by atoms with Crippen molar-refractivity contribution in [1.82, 2.24) is 20.3 Å². The number of benzene rings is 1. The van der Waals surface area contributed by atoms with Crippen molar-refractivity contribution in [2.75, 3.05) is 0 Å². The molecule has 1 N–H and O–H groups in total. The van der Waals surface area contributed by atoms with Crippen molar-refractivity contribution in [3.8, 4) is 10.7 Å². The van der Waals surface area contributed by atoms with E-state index in [0.29, 0.717) is 22.3 Å². The first kappa shape index (κ1) is 17.5. The molecular weight excluding hydrogens is 332 g/mol. The molecule has 0 saturated carbocycles. The van der Waals surface area contributed by atoms with Crippen LogP contribution in [0.25, 0.3) is 20.9 Å². The van der Waals surface area contributed by atoms with Crippen LogP contribution in [0.1, 0.15) is 44.1 Å². The van der Waals surface area contributed by atoms with E-state index in [1.807, 2.05) is 31.2 Å². The summed E-state index contributed by atoms with van der Waals surface area (Å²) in [5, 5.41) is 3.75. The summed E-state index contributed by atoms with van der Waals surface area (Å²) in [5.74, 6) is 0.424. The Balaban J connectivity index is 1.84. The number of carbonyl (C=O) groups excluding carboxylic acids is 1. The zero-order chi connectivity index (χ0) is 17.8. The zero-order valence-corrected chi connectivity index (χ0v) is 15.5. The Bertz CT molecular complexity index is 841. The van der Waals surface area contributed by atoms with Crippen molar-refractivity contribution in [3.63, 3.8) is 0 Å². The molecule has 0 fully saturated rings. The SMILES string of the molecule is CC(C)CCC(C)NC(=O)c1nccnc1-c1nc2ccccc2s1. The first-order chi connectivity index (χ1) is 12.0. The van der Waals surface area contributed by atoms with Crippen molar-refractivity contribution in [1.29, 1.82) is 0 Å². The van der Waals surface area contributed by atoms with Gasteiger partial charge in [-0.15, -0.1) is 11.3 Å². The predicted molar refractivity (Wildman–Crippen MR) is 102 cm³/mol. The maximum absolute atomic E-state index is 12.7. The number of para-hydroxylation sites is 1. The molecule has 1 unspecified atom stereocenters. The van der Waals surface area contributed by atoms with Gasteiger partial charge in [0, 0.05) is 18.4 Å². The number of aromatic nitrogens is 3. The fourth-order valence-corrected chi connectivity index (χ4v) is 3.55. The molecule has 0 aliphatic rings.